The molecule has 0 saturated heterocycles. The monoisotopic (exact) mass is 265 g/mol. The van der Waals surface area contributed by atoms with Crippen LogP contribution in [0.15, 0.2) is 18.2 Å². The summed E-state index contributed by atoms with van der Waals surface area (Å²) in [4.78, 5) is 24.4. The molecule has 1 fully saturated rings. The highest BCUT2D eigenvalue weighted by atomic mass is 19.1. The third kappa shape index (κ3) is 3.30. The number of rotatable bonds is 5. The summed E-state index contributed by atoms with van der Waals surface area (Å²) in [6.45, 7) is 1.81. The van der Waals surface area contributed by atoms with Gasteiger partial charge in [0.15, 0.2) is 0 Å². The first kappa shape index (κ1) is 13.5. The predicted octanol–water partition coefficient (Wildman–Crippen LogP) is 2.21. The van der Waals surface area contributed by atoms with Crippen molar-refractivity contribution in [2.24, 2.45) is 0 Å². The molecule has 1 saturated carbocycles. The van der Waals surface area contributed by atoms with Crippen LogP contribution in [0.1, 0.15) is 35.2 Å². The van der Waals surface area contributed by atoms with Gasteiger partial charge < -0.3 is 10.0 Å². The number of halogens is 1. The van der Waals surface area contributed by atoms with E-state index in [1.807, 2.05) is 0 Å². The summed E-state index contributed by atoms with van der Waals surface area (Å²) < 4.78 is 13.5. The minimum absolute atomic E-state index is 0.0867. The van der Waals surface area contributed by atoms with Gasteiger partial charge in [-0.15, -0.1) is 0 Å². The van der Waals surface area contributed by atoms with E-state index in [1.54, 1.807) is 19.1 Å². The molecule has 1 N–H and O–H groups in total. The van der Waals surface area contributed by atoms with Crippen LogP contribution in [0.2, 0.25) is 0 Å². The van der Waals surface area contributed by atoms with Gasteiger partial charge >= 0.3 is 5.97 Å². The summed E-state index contributed by atoms with van der Waals surface area (Å²) in [5, 5.41) is 8.70. The van der Waals surface area contributed by atoms with E-state index < -0.39 is 11.8 Å². The van der Waals surface area contributed by atoms with Crippen molar-refractivity contribution in [3.8, 4) is 0 Å². The largest absolute Gasteiger partial charge is 0.481 e. The lowest BCUT2D eigenvalue weighted by molar-refractivity contribution is -0.137. The molecule has 4 nitrogen and oxygen atoms in total. The van der Waals surface area contributed by atoms with Gasteiger partial charge in [0.1, 0.15) is 5.82 Å². The van der Waals surface area contributed by atoms with Crippen molar-refractivity contribution in [2.45, 2.75) is 32.2 Å². The summed E-state index contributed by atoms with van der Waals surface area (Å²) in [7, 11) is 0. The smallest absolute Gasteiger partial charge is 0.305 e. The number of carboxylic acid groups (broad SMARTS) is 1. The zero-order valence-electron chi connectivity index (χ0n) is 10.7. The van der Waals surface area contributed by atoms with Crippen molar-refractivity contribution in [3.05, 3.63) is 35.1 Å². The number of carbonyl (C=O) groups excluding carboxylic acids is 1. The van der Waals surface area contributed by atoms with Crippen molar-refractivity contribution >= 4 is 11.9 Å². The van der Waals surface area contributed by atoms with E-state index in [9.17, 15) is 14.0 Å². The fourth-order valence-corrected chi connectivity index (χ4v) is 1.94. The third-order valence-corrected chi connectivity index (χ3v) is 3.23. The van der Waals surface area contributed by atoms with Crippen molar-refractivity contribution in [2.75, 3.05) is 6.54 Å². The van der Waals surface area contributed by atoms with Crippen LogP contribution in [-0.2, 0) is 4.79 Å². The normalized spacial score (nSPS) is 14.2. The Kier molecular flexibility index (Phi) is 3.83. The van der Waals surface area contributed by atoms with Gasteiger partial charge in [-0.3, -0.25) is 9.59 Å². The lowest BCUT2D eigenvalue weighted by atomic mass is 10.1. The molecule has 0 unspecified atom stereocenters. The second-order valence-electron chi connectivity index (χ2n) is 4.84. The fourth-order valence-electron chi connectivity index (χ4n) is 1.94. The SMILES string of the molecule is Cc1ccc(C(=O)N(CCC(=O)O)C2CC2)cc1F. The van der Waals surface area contributed by atoms with Crippen molar-refractivity contribution in [1.29, 1.82) is 0 Å². The number of carboxylic acids is 1. The van der Waals surface area contributed by atoms with Crippen LogP contribution in [0.3, 0.4) is 0 Å². The lowest BCUT2D eigenvalue weighted by Crippen LogP contribution is -2.35. The quantitative estimate of drug-likeness (QED) is 0.888. The molecular weight excluding hydrogens is 249 g/mol. The van der Waals surface area contributed by atoms with Crippen LogP contribution in [0.4, 0.5) is 4.39 Å². The maximum Gasteiger partial charge on any atom is 0.305 e. The van der Waals surface area contributed by atoms with Gasteiger partial charge in [0, 0.05) is 18.2 Å². The summed E-state index contributed by atoms with van der Waals surface area (Å²) in [6, 6.07) is 4.46. The van der Waals surface area contributed by atoms with Gasteiger partial charge in [-0.25, -0.2) is 4.39 Å². The summed E-state index contributed by atoms with van der Waals surface area (Å²) >= 11 is 0. The number of nitrogens with zero attached hydrogens (tertiary/aromatic N) is 1. The standard InChI is InChI=1S/C14H16FNO3/c1-9-2-3-10(8-12(9)15)14(19)16(11-4-5-11)7-6-13(17)18/h2-3,8,11H,4-7H2,1H3,(H,17,18). The molecule has 1 amide bonds. The molecule has 0 bridgehead atoms. The predicted molar refractivity (Wildman–Crippen MR) is 67.4 cm³/mol. The summed E-state index contributed by atoms with van der Waals surface area (Å²) in [5.74, 6) is -1.64. The van der Waals surface area contributed by atoms with E-state index in [-0.39, 0.29) is 30.5 Å². The minimum Gasteiger partial charge on any atom is -0.481 e. The molecule has 0 aliphatic heterocycles. The number of aliphatic carboxylic acids is 1. The van der Waals surface area contributed by atoms with Gasteiger partial charge in [0.05, 0.1) is 6.42 Å². The zero-order valence-corrected chi connectivity index (χ0v) is 10.7. The molecule has 19 heavy (non-hydrogen) atoms. The zero-order chi connectivity index (χ0) is 14.0. The van der Waals surface area contributed by atoms with Crippen LogP contribution in [0.5, 0.6) is 0 Å². The molecule has 5 heteroatoms. The Bertz CT molecular complexity index is 511. The minimum atomic E-state index is -0.937. The van der Waals surface area contributed by atoms with E-state index in [2.05, 4.69) is 0 Å². The number of amides is 1. The van der Waals surface area contributed by atoms with Crippen molar-refractivity contribution < 1.29 is 19.1 Å². The van der Waals surface area contributed by atoms with Crippen LogP contribution in [0.25, 0.3) is 0 Å². The van der Waals surface area contributed by atoms with E-state index in [4.69, 9.17) is 5.11 Å². The molecule has 2 rings (SSSR count). The van der Waals surface area contributed by atoms with Crippen LogP contribution in [0, 0.1) is 12.7 Å². The molecule has 0 aromatic heterocycles. The number of benzene rings is 1. The Morgan fingerprint density at radius 1 is 1.42 bits per heavy atom. The van der Waals surface area contributed by atoms with Gasteiger partial charge in [0.2, 0.25) is 0 Å². The first-order valence-corrected chi connectivity index (χ1v) is 6.28. The Hall–Kier alpha value is -1.91. The molecular formula is C14H16FNO3. The highest BCUT2D eigenvalue weighted by molar-refractivity contribution is 5.94. The highest BCUT2D eigenvalue weighted by Crippen LogP contribution is 2.28. The average molecular weight is 265 g/mol. The van der Waals surface area contributed by atoms with E-state index >= 15 is 0 Å². The maximum absolute atomic E-state index is 13.5. The van der Waals surface area contributed by atoms with Crippen molar-refractivity contribution in [1.82, 2.24) is 4.90 Å². The number of hydrogen-bond acceptors (Lipinski definition) is 2. The second-order valence-corrected chi connectivity index (χ2v) is 4.84. The molecule has 1 aliphatic carbocycles. The Balaban J connectivity index is 2.14. The first-order chi connectivity index (χ1) is 8.99. The Morgan fingerprint density at radius 2 is 2.11 bits per heavy atom. The maximum atomic E-state index is 13.5. The Morgan fingerprint density at radius 3 is 2.63 bits per heavy atom. The number of hydrogen-bond donors (Lipinski definition) is 1. The van der Waals surface area contributed by atoms with Gasteiger partial charge in [0.25, 0.3) is 5.91 Å². The summed E-state index contributed by atoms with van der Waals surface area (Å²) in [5.41, 5.74) is 0.764. The topological polar surface area (TPSA) is 57.6 Å². The second kappa shape index (κ2) is 5.38. The first-order valence-electron chi connectivity index (χ1n) is 6.28. The molecule has 0 atom stereocenters. The molecule has 1 aliphatic rings. The average Bonchev–Trinajstić information content (AvgIpc) is 3.16. The van der Waals surface area contributed by atoms with Gasteiger partial charge in [-0.2, -0.15) is 0 Å². The summed E-state index contributed by atoms with van der Waals surface area (Å²) in [6.07, 6.45) is 1.69. The van der Waals surface area contributed by atoms with E-state index in [0.717, 1.165) is 12.8 Å². The van der Waals surface area contributed by atoms with Crippen LogP contribution < -0.4 is 0 Å². The van der Waals surface area contributed by atoms with Crippen LogP contribution >= 0.6 is 0 Å². The Labute approximate surface area is 110 Å². The van der Waals surface area contributed by atoms with Gasteiger partial charge in [-0.05, 0) is 37.5 Å². The van der Waals surface area contributed by atoms with E-state index in [0.29, 0.717) is 5.56 Å². The highest BCUT2D eigenvalue weighted by Gasteiger charge is 2.33. The number of carbonyl (C=O) groups is 2. The molecule has 1 aromatic carbocycles. The van der Waals surface area contributed by atoms with Crippen molar-refractivity contribution in [3.63, 3.8) is 0 Å². The molecule has 0 radical (unpaired) electrons. The fraction of sp³-hybridized carbons (Fsp3) is 0.429. The lowest BCUT2D eigenvalue weighted by Gasteiger charge is -2.21. The number of aryl methyl sites for hydroxylation is 1. The molecule has 0 heterocycles. The molecule has 102 valence electrons. The van der Waals surface area contributed by atoms with Gasteiger partial charge in [-0.1, -0.05) is 6.07 Å². The molecule has 0 spiro atoms. The van der Waals surface area contributed by atoms with E-state index in [1.165, 1.54) is 11.0 Å². The molecule has 1 aromatic rings. The van der Waals surface area contributed by atoms with Crippen LogP contribution in [-0.4, -0.2) is 34.5 Å². The third-order valence-electron chi connectivity index (χ3n) is 3.23.